The zero-order chi connectivity index (χ0) is 12.5. The summed E-state index contributed by atoms with van der Waals surface area (Å²) in [6.45, 7) is 8.34. The predicted octanol–water partition coefficient (Wildman–Crippen LogP) is 1.49. The minimum atomic E-state index is 0.544. The van der Waals surface area contributed by atoms with Crippen molar-refractivity contribution in [3.63, 3.8) is 0 Å². The van der Waals surface area contributed by atoms with Crippen molar-refractivity contribution in [3.05, 3.63) is 17.8 Å². The normalized spacial score (nSPS) is 10.2. The van der Waals surface area contributed by atoms with Crippen LogP contribution in [0.15, 0.2) is 12.3 Å². The molecule has 0 saturated heterocycles. The lowest BCUT2D eigenvalue weighted by Crippen LogP contribution is -2.25. The van der Waals surface area contributed by atoms with Crippen LogP contribution in [0.4, 0.5) is 5.82 Å². The van der Waals surface area contributed by atoms with Gasteiger partial charge in [0.1, 0.15) is 6.07 Å². The predicted molar refractivity (Wildman–Crippen MR) is 67.6 cm³/mol. The number of nitrogens with zero attached hydrogens (tertiary/aromatic N) is 4. The molecule has 0 atom stereocenters. The molecule has 1 aromatic heterocycles. The van der Waals surface area contributed by atoms with Gasteiger partial charge in [0.25, 0.3) is 0 Å². The lowest BCUT2D eigenvalue weighted by molar-refractivity contribution is 0.303. The minimum absolute atomic E-state index is 0.544. The maximum Gasteiger partial charge on any atom is 0.166 e. The maximum absolute atomic E-state index is 8.87. The van der Waals surface area contributed by atoms with Gasteiger partial charge in [0.2, 0.25) is 0 Å². The van der Waals surface area contributed by atoms with E-state index in [9.17, 15) is 0 Å². The quantitative estimate of drug-likeness (QED) is 0.723. The molecule has 0 saturated carbocycles. The summed E-state index contributed by atoms with van der Waals surface area (Å²) in [6.07, 6.45) is 2.56. The van der Waals surface area contributed by atoms with Crippen molar-refractivity contribution in [2.24, 2.45) is 0 Å². The molecule has 0 amide bonds. The van der Waals surface area contributed by atoms with E-state index in [0.717, 1.165) is 32.6 Å². The van der Waals surface area contributed by atoms with Crippen LogP contribution in [0.1, 0.15) is 25.8 Å². The van der Waals surface area contributed by atoms with Gasteiger partial charge in [-0.25, -0.2) is 0 Å². The highest BCUT2D eigenvalue weighted by Gasteiger charge is 2.02. The van der Waals surface area contributed by atoms with Crippen molar-refractivity contribution in [3.8, 4) is 6.07 Å². The van der Waals surface area contributed by atoms with Crippen LogP contribution in [0.3, 0.4) is 0 Å². The fraction of sp³-hybridized carbons (Fsp3) is 0.583. The molecule has 0 aliphatic carbocycles. The van der Waals surface area contributed by atoms with Gasteiger partial charge in [-0.1, -0.05) is 13.8 Å². The molecule has 5 nitrogen and oxygen atoms in total. The number of hydrogen-bond acceptors (Lipinski definition) is 5. The Morgan fingerprint density at radius 2 is 2.18 bits per heavy atom. The van der Waals surface area contributed by atoms with Crippen LogP contribution in [-0.4, -0.2) is 41.3 Å². The number of aromatic nitrogens is 2. The zero-order valence-corrected chi connectivity index (χ0v) is 10.5. The third-order valence-electron chi connectivity index (χ3n) is 2.68. The van der Waals surface area contributed by atoms with Gasteiger partial charge in [0.05, 0.1) is 11.8 Å². The molecular weight excluding hydrogens is 214 g/mol. The average Bonchev–Trinajstić information content (AvgIpc) is 2.39. The highest BCUT2D eigenvalue weighted by atomic mass is 15.2. The molecule has 0 fully saturated rings. The van der Waals surface area contributed by atoms with E-state index in [1.807, 2.05) is 0 Å². The van der Waals surface area contributed by atoms with Crippen molar-refractivity contribution >= 4 is 5.82 Å². The van der Waals surface area contributed by atoms with Crippen molar-refractivity contribution in [1.29, 1.82) is 5.26 Å². The van der Waals surface area contributed by atoms with E-state index in [-0.39, 0.29) is 0 Å². The van der Waals surface area contributed by atoms with Crippen molar-refractivity contribution < 1.29 is 0 Å². The van der Waals surface area contributed by atoms with Crippen LogP contribution >= 0.6 is 0 Å². The number of nitrogens with one attached hydrogen (secondary N) is 1. The molecule has 0 unspecified atom stereocenters. The molecule has 92 valence electrons. The molecule has 0 aliphatic heterocycles. The Hall–Kier alpha value is -1.67. The van der Waals surface area contributed by atoms with E-state index in [1.54, 1.807) is 6.07 Å². The first-order valence-corrected chi connectivity index (χ1v) is 5.99. The van der Waals surface area contributed by atoms with Gasteiger partial charge in [-0.2, -0.15) is 10.4 Å². The number of nitriles is 1. The van der Waals surface area contributed by atoms with Crippen molar-refractivity contribution in [2.45, 2.75) is 20.3 Å². The van der Waals surface area contributed by atoms with E-state index < -0.39 is 0 Å². The fourth-order valence-electron chi connectivity index (χ4n) is 1.60. The lowest BCUT2D eigenvalue weighted by atomic mass is 10.3. The van der Waals surface area contributed by atoms with E-state index in [4.69, 9.17) is 5.26 Å². The van der Waals surface area contributed by atoms with Gasteiger partial charge in [-0.15, -0.1) is 5.10 Å². The van der Waals surface area contributed by atoms with Crippen molar-refractivity contribution in [2.75, 3.05) is 31.5 Å². The van der Waals surface area contributed by atoms with E-state index in [1.165, 1.54) is 6.20 Å². The first-order chi connectivity index (χ1) is 8.31. The fourth-order valence-corrected chi connectivity index (χ4v) is 1.60. The van der Waals surface area contributed by atoms with Crippen molar-refractivity contribution in [1.82, 2.24) is 15.1 Å². The third kappa shape index (κ3) is 4.37. The molecule has 1 aromatic rings. The van der Waals surface area contributed by atoms with Gasteiger partial charge >= 0.3 is 0 Å². The van der Waals surface area contributed by atoms with E-state index in [2.05, 4.69) is 40.3 Å². The van der Waals surface area contributed by atoms with Crippen LogP contribution in [0.25, 0.3) is 0 Å². The largest absolute Gasteiger partial charge is 0.367 e. The monoisotopic (exact) mass is 233 g/mol. The smallest absolute Gasteiger partial charge is 0.166 e. The van der Waals surface area contributed by atoms with E-state index in [0.29, 0.717) is 11.4 Å². The van der Waals surface area contributed by atoms with Gasteiger partial charge < -0.3 is 10.2 Å². The third-order valence-corrected chi connectivity index (χ3v) is 2.68. The summed E-state index contributed by atoms with van der Waals surface area (Å²) in [7, 11) is 0. The molecular formula is C12H19N5. The Bertz CT molecular complexity index is 367. The summed E-state index contributed by atoms with van der Waals surface area (Å²) in [6, 6.07) is 3.76. The molecule has 0 aliphatic rings. The summed E-state index contributed by atoms with van der Waals surface area (Å²) in [5, 5.41) is 19.7. The highest BCUT2D eigenvalue weighted by Crippen LogP contribution is 2.07. The second-order valence-corrected chi connectivity index (χ2v) is 3.71. The number of hydrogen-bond donors (Lipinski definition) is 1. The SMILES string of the molecule is CCN(CC)CCCNc1nnccc1C#N. The summed E-state index contributed by atoms with van der Waals surface area (Å²) >= 11 is 0. The molecule has 1 rings (SSSR count). The maximum atomic E-state index is 8.87. The summed E-state index contributed by atoms with van der Waals surface area (Å²) in [5.41, 5.74) is 0.544. The molecule has 1 N–H and O–H groups in total. The number of rotatable bonds is 7. The Morgan fingerprint density at radius 1 is 1.41 bits per heavy atom. The molecule has 0 bridgehead atoms. The Kier molecular flexibility index (Phi) is 5.97. The highest BCUT2D eigenvalue weighted by molar-refractivity contribution is 5.49. The first-order valence-electron chi connectivity index (χ1n) is 5.99. The minimum Gasteiger partial charge on any atom is -0.367 e. The summed E-state index contributed by atoms with van der Waals surface area (Å²) in [5.74, 6) is 0.578. The first kappa shape index (κ1) is 13.4. The summed E-state index contributed by atoms with van der Waals surface area (Å²) in [4.78, 5) is 2.36. The van der Waals surface area contributed by atoms with Crippen LogP contribution in [0.2, 0.25) is 0 Å². The molecule has 0 spiro atoms. The average molecular weight is 233 g/mol. The lowest BCUT2D eigenvalue weighted by Gasteiger charge is -2.17. The topological polar surface area (TPSA) is 64.8 Å². The van der Waals surface area contributed by atoms with Gasteiger partial charge in [-0.3, -0.25) is 0 Å². The molecule has 0 radical (unpaired) electrons. The Morgan fingerprint density at radius 3 is 2.82 bits per heavy atom. The van der Waals surface area contributed by atoms with Crippen LogP contribution in [0.5, 0.6) is 0 Å². The molecule has 0 aromatic carbocycles. The van der Waals surface area contributed by atoms with Gasteiger partial charge in [-0.05, 0) is 32.1 Å². The molecule has 5 heteroatoms. The van der Waals surface area contributed by atoms with Gasteiger partial charge in [0.15, 0.2) is 5.82 Å². The zero-order valence-electron chi connectivity index (χ0n) is 10.5. The Balaban J connectivity index is 2.34. The van der Waals surface area contributed by atoms with Crippen LogP contribution in [0, 0.1) is 11.3 Å². The standard InChI is InChI=1S/C12H19N5/c1-3-17(4-2)9-5-7-14-12-11(10-13)6-8-15-16-12/h6,8H,3-5,7,9H2,1-2H3,(H,14,16). The number of anilines is 1. The van der Waals surface area contributed by atoms with E-state index >= 15 is 0 Å². The summed E-state index contributed by atoms with van der Waals surface area (Å²) < 4.78 is 0. The van der Waals surface area contributed by atoms with Crippen LogP contribution < -0.4 is 5.32 Å². The Labute approximate surface area is 102 Å². The second-order valence-electron chi connectivity index (χ2n) is 3.71. The van der Waals surface area contributed by atoms with Gasteiger partial charge in [0, 0.05) is 6.54 Å². The van der Waals surface area contributed by atoms with Crippen LogP contribution in [-0.2, 0) is 0 Å². The molecule has 17 heavy (non-hydrogen) atoms. The molecule has 1 heterocycles. The second kappa shape index (κ2) is 7.58.